The van der Waals surface area contributed by atoms with Crippen molar-refractivity contribution in [3.05, 3.63) is 36.7 Å². The number of hydrogen-bond acceptors (Lipinski definition) is 3. The normalized spacial score (nSPS) is 10.2. The van der Waals surface area contributed by atoms with Crippen molar-refractivity contribution in [1.82, 2.24) is 14.8 Å². The fraction of sp³-hybridized carbons (Fsp3) is 0.182. The molecule has 2 aromatic rings. The fourth-order valence-corrected chi connectivity index (χ4v) is 1.36. The van der Waals surface area contributed by atoms with Gasteiger partial charge in [0.1, 0.15) is 5.69 Å². The van der Waals surface area contributed by atoms with Gasteiger partial charge in [-0.05, 0) is 18.2 Å². The van der Waals surface area contributed by atoms with Gasteiger partial charge in [0, 0.05) is 25.4 Å². The van der Waals surface area contributed by atoms with Crippen LogP contribution in [0.25, 0.3) is 11.4 Å². The van der Waals surface area contributed by atoms with Gasteiger partial charge in [-0.1, -0.05) is 6.07 Å². The molecule has 1 amide bonds. The molecule has 0 spiro atoms. The third kappa shape index (κ3) is 2.44. The van der Waals surface area contributed by atoms with Crippen LogP contribution in [-0.4, -0.2) is 20.7 Å². The maximum atomic E-state index is 10.6. The number of nitrogens with zero attached hydrogens (tertiary/aromatic N) is 3. The number of carbonyl (C=O) groups is 1. The molecule has 0 aromatic carbocycles. The van der Waals surface area contributed by atoms with E-state index in [9.17, 15) is 4.79 Å². The summed E-state index contributed by atoms with van der Waals surface area (Å²) in [4.78, 5) is 14.8. The predicted molar refractivity (Wildman–Crippen MR) is 59.3 cm³/mol. The number of primary amides is 1. The molecule has 2 rings (SSSR count). The van der Waals surface area contributed by atoms with E-state index in [4.69, 9.17) is 5.73 Å². The van der Waals surface area contributed by atoms with E-state index in [2.05, 4.69) is 10.1 Å². The molecule has 0 radical (unpaired) electrons. The second kappa shape index (κ2) is 4.57. The molecular weight excluding hydrogens is 204 g/mol. The molecule has 5 nitrogen and oxygen atoms in total. The van der Waals surface area contributed by atoms with Crippen LogP contribution < -0.4 is 5.73 Å². The van der Waals surface area contributed by atoms with E-state index in [0.717, 1.165) is 11.4 Å². The van der Waals surface area contributed by atoms with Crippen molar-refractivity contribution in [2.45, 2.75) is 13.0 Å². The highest BCUT2D eigenvalue weighted by atomic mass is 16.1. The highest BCUT2D eigenvalue weighted by Gasteiger charge is 2.03. The molecule has 0 aliphatic rings. The minimum absolute atomic E-state index is 0.295. The summed E-state index contributed by atoms with van der Waals surface area (Å²) >= 11 is 0. The van der Waals surface area contributed by atoms with Crippen LogP contribution in [0.2, 0.25) is 0 Å². The van der Waals surface area contributed by atoms with Gasteiger partial charge in [0.05, 0.1) is 5.69 Å². The summed E-state index contributed by atoms with van der Waals surface area (Å²) in [5.41, 5.74) is 6.68. The number of pyridine rings is 1. The first-order chi connectivity index (χ1) is 7.75. The van der Waals surface area contributed by atoms with E-state index >= 15 is 0 Å². The molecule has 2 heterocycles. The van der Waals surface area contributed by atoms with Crippen LogP contribution in [0.1, 0.15) is 6.42 Å². The summed E-state index contributed by atoms with van der Waals surface area (Å²) in [6.07, 6.45) is 3.83. The number of aromatic nitrogens is 3. The quantitative estimate of drug-likeness (QED) is 0.822. The van der Waals surface area contributed by atoms with E-state index in [1.807, 2.05) is 30.5 Å². The van der Waals surface area contributed by atoms with Crippen molar-refractivity contribution in [2.24, 2.45) is 5.73 Å². The zero-order chi connectivity index (χ0) is 11.4. The molecule has 16 heavy (non-hydrogen) atoms. The first-order valence-electron chi connectivity index (χ1n) is 4.99. The Kier molecular flexibility index (Phi) is 2.95. The Morgan fingerprint density at radius 2 is 2.19 bits per heavy atom. The minimum Gasteiger partial charge on any atom is -0.370 e. The van der Waals surface area contributed by atoms with Crippen molar-refractivity contribution in [2.75, 3.05) is 0 Å². The average Bonchev–Trinajstić information content (AvgIpc) is 2.76. The number of nitrogens with two attached hydrogens (primary N) is 1. The smallest absolute Gasteiger partial charge is 0.219 e. The second-order valence-corrected chi connectivity index (χ2v) is 3.40. The molecule has 5 heteroatoms. The molecule has 0 bridgehead atoms. The van der Waals surface area contributed by atoms with Crippen LogP contribution in [0.5, 0.6) is 0 Å². The van der Waals surface area contributed by atoms with Crippen molar-refractivity contribution >= 4 is 5.91 Å². The molecule has 0 aliphatic carbocycles. The van der Waals surface area contributed by atoms with E-state index in [1.165, 1.54) is 0 Å². The molecule has 0 saturated carbocycles. The van der Waals surface area contributed by atoms with E-state index < -0.39 is 0 Å². The summed E-state index contributed by atoms with van der Waals surface area (Å²) in [5.74, 6) is -0.324. The molecule has 0 unspecified atom stereocenters. The zero-order valence-corrected chi connectivity index (χ0v) is 8.71. The maximum Gasteiger partial charge on any atom is 0.219 e. The maximum absolute atomic E-state index is 10.6. The summed E-state index contributed by atoms with van der Waals surface area (Å²) in [5, 5.41) is 4.30. The van der Waals surface area contributed by atoms with Crippen LogP contribution >= 0.6 is 0 Å². The Bertz CT molecular complexity index is 478. The largest absolute Gasteiger partial charge is 0.370 e. The highest BCUT2D eigenvalue weighted by Crippen LogP contribution is 2.12. The lowest BCUT2D eigenvalue weighted by Crippen LogP contribution is -2.14. The van der Waals surface area contributed by atoms with Gasteiger partial charge in [0.25, 0.3) is 0 Å². The van der Waals surface area contributed by atoms with Crippen molar-refractivity contribution in [1.29, 1.82) is 0 Å². The third-order valence-electron chi connectivity index (χ3n) is 2.16. The van der Waals surface area contributed by atoms with E-state index in [0.29, 0.717) is 13.0 Å². The average molecular weight is 216 g/mol. The first kappa shape index (κ1) is 10.4. The van der Waals surface area contributed by atoms with Crippen molar-refractivity contribution < 1.29 is 4.79 Å². The molecule has 0 atom stereocenters. The number of amides is 1. The molecular formula is C11H12N4O. The van der Waals surface area contributed by atoms with Crippen molar-refractivity contribution in [3.8, 4) is 11.4 Å². The standard InChI is InChI=1S/C11H12N4O/c12-11(16)5-8-15-7-4-10(14-15)9-3-1-2-6-13-9/h1-4,6-7H,5,8H2,(H2,12,16). The minimum atomic E-state index is -0.324. The SMILES string of the molecule is NC(=O)CCn1ccc(-c2ccccn2)n1. The first-order valence-corrected chi connectivity index (χ1v) is 4.99. The summed E-state index contributed by atoms with van der Waals surface area (Å²) < 4.78 is 1.69. The number of rotatable bonds is 4. The number of aryl methyl sites for hydroxylation is 1. The summed E-state index contributed by atoms with van der Waals surface area (Å²) in [7, 11) is 0. The number of carbonyl (C=O) groups excluding carboxylic acids is 1. The van der Waals surface area contributed by atoms with Crippen LogP contribution in [0.4, 0.5) is 0 Å². The molecule has 2 N–H and O–H groups in total. The summed E-state index contributed by atoms with van der Waals surface area (Å²) in [6, 6.07) is 7.52. The Labute approximate surface area is 92.9 Å². The lowest BCUT2D eigenvalue weighted by molar-refractivity contribution is -0.118. The molecule has 0 saturated heterocycles. The van der Waals surface area contributed by atoms with Crippen LogP contribution in [-0.2, 0) is 11.3 Å². The topological polar surface area (TPSA) is 73.8 Å². The van der Waals surface area contributed by atoms with Gasteiger partial charge in [-0.2, -0.15) is 5.10 Å². The molecule has 2 aromatic heterocycles. The van der Waals surface area contributed by atoms with Crippen molar-refractivity contribution in [3.63, 3.8) is 0 Å². The molecule has 0 fully saturated rings. The monoisotopic (exact) mass is 216 g/mol. The Hall–Kier alpha value is -2.17. The predicted octanol–water partition coefficient (Wildman–Crippen LogP) is 0.820. The zero-order valence-electron chi connectivity index (χ0n) is 8.71. The van der Waals surface area contributed by atoms with Crippen LogP contribution in [0.15, 0.2) is 36.7 Å². The second-order valence-electron chi connectivity index (χ2n) is 3.40. The Morgan fingerprint density at radius 1 is 1.31 bits per heavy atom. The molecule has 82 valence electrons. The van der Waals surface area contributed by atoms with Gasteiger partial charge in [-0.25, -0.2) is 0 Å². The van der Waals surface area contributed by atoms with E-state index in [1.54, 1.807) is 10.9 Å². The number of hydrogen-bond donors (Lipinski definition) is 1. The lowest BCUT2D eigenvalue weighted by atomic mass is 10.3. The van der Waals surface area contributed by atoms with Crippen LogP contribution in [0.3, 0.4) is 0 Å². The lowest BCUT2D eigenvalue weighted by Gasteiger charge is -1.98. The third-order valence-corrected chi connectivity index (χ3v) is 2.16. The van der Waals surface area contributed by atoms with Gasteiger partial charge in [-0.15, -0.1) is 0 Å². The fourth-order valence-electron chi connectivity index (χ4n) is 1.36. The highest BCUT2D eigenvalue weighted by molar-refractivity contribution is 5.73. The summed E-state index contributed by atoms with van der Waals surface area (Å²) in [6.45, 7) is 0.502. The van der Waals surface area contributed by atoms with Gasteiger partial charge in [-0.3, -0.25) is 14.5 Å². The Balaban J connectivity index is 2.11. The van der Waals surface area contributed by atoms with E-state index in [-0.39, 0.29) is 5.91 Å². The molecule has 0 aliphatic heterocycles. The van der Waals surface area contributed by atoms with Crippen LogP contribution in [0, 0.1) is 0 Å². The van der Waals surface area contributed by atoms with Gasteiger partial charge >= 0.3 is 0 Å². The van der Waals surface area contributed by atoms with Gasteiger partial charge < -0.3 is 5.73 Å². The van der Waals surface area contributed by atoms with Gasteiger partial charge in [0.2, 0.25) is 5.91 Å². The van der Waals surface area contributed by atoms with Gasteiger partial charge in [0.15, 0.2) is 0 Å². The Morgan fingerprint density at radius 3 is 2.88 bits per heavy atom.